The predicted molar refractivity (Wildman–Crippen MR) is 151 cm³/mol. The average Bonchev–Trinajstić information content (AvgIpc) is 2.84. The van der Waals surface area contributed by atoms with Crippen LogP contribution in [0.1, 0.15) is 187 Å². The summed E-state index contributed by atoms with van der Waals surface area (Å²) in [7, 11) is 0. The molecule has 0 radical (unpaired) electrons. The Bertz CT molecular complexity index is 346. The molecule has 1 heterocycles. The monoisotopic (exact) mass is 464 g/mol. The maximum Gasteiger partial charge on any atom is -0.00463 e. The molecule has 1 heteroatoms. The minimum Gasteiger partial charge on any atom is -0.317 e. The normalized spacial score (nSPS) is 14.8. The molecule has 0 atom stereocenters. The molecule has 198 valence electrons. The van der Waals surface area contributed by atoms with Gasteiger partial charge in [0.15, 0.2) is 0 Å². The van der Waals surface area contributed by atoms with Crippen molar-refractivity contribution in [3.63, 3.8) is 0 Å². The Morgan fingerprint density at radius 1 is 0.394 bits per heavy atom. The zero-order chi connectivity index (χ0) is 23.5. The molecule has 0 saturated carbocycles. The summed E-state index contributed by atoms with van der Waals surface area (Å²) < 4.78 is 0. The summed E-state index contributed by atoms with van der Waals surface area (Å²) in [6.07, 6.45) is 41.5. The van der Waals surface area contributed by atoms with Crippen molar-refractivity contribution in [1.29, 1.82) is 0 Å². The summed E-state index contributed by atoms with van der Waals surface area (Å²) in [6, 6.07) is 0. The molecule has 1 nitrogen and oxygen atoms in total. The maximum atomic E-state index is 3.48. The quantitative estimate of drug-likeness (QED) is 0.126. The fourth-order valence-corrected chi connectivity index (χ4v) is 5.74. The molecule has 0 amide bonds. The molecule has 1 aliphatic heterocycles. The smallest absolute Gasteiger partial charge is 0.00463 e. The van der Waals surface area contributed by atoms with Crippen LogP contribution >= 0.6 is 0 Å². The highest BCUT2D eigenvalue weighted by molar-refractivity contribution is 4.68. The van der Waals surface area contributed by atoms with Gasteiger partial charge < -0.3 is 5.32 Å². The van der Waals surface area contributed by atoms with E-state index in [-0.39, 0.29) is 0 Å². The highest BCUT2D eigenvalue weighted by atomic mass is 14.9. The molecule has 1 N–H and O–H groups in total. The van der Waals surface area contributed by atoms with E-state index >= 15 is 0 Å². The topological polar surface area (TPSA) is 12.0 Å². The number of hydrogen-bond acceptors (Lipinski definition) is 1. The highest BCUT2D eigenvalue weighted by Crippen LogP contribution is 2.20. The van der Waals surface area contributed by atoms with Crippen LogP contribution in [-0.2, 0) is 0 Å². The average molecular weight is 464 g/mol. The fourth-order valence-electron chi connectivity index (χ4n) is 5.74. The van der Waals surface area contributed by atoms with Gasteiger partial charge in [-0.3, -0.25) is 0 Å². The summed E-state index contributed by atoms with van der Waals surface area (Å²) in [5.41, 5.74) is 0. The van der Waals surface area contributed by atoms with Crippen molar-refractivity contribution in [2.75, 3.05) is 13.1 Å². The lowest BCUT2D eigenvalue weighted by Crippen LogP contribution is -2.27. The largest absolute Gasteiger partial charge is 0.317 e. The SMILES string of the molecule is CCCCCCCCCCCCCCCCCCCCCCCCCCCC1CCNCC1. The molecule has 0 aromatic heterocycles. The minimum atomic E-state index is 1.04. The Kier molecular flexibility index (Phi) is 24.9. The van der Waals surface area contributed by atoms with E-state index in [1.807, 2.05) is 0 Å². The van der Waals surface area contributed by atoms with Crippen LogP contribution in [0.15, 0.2) is 0 Å². The Labute approximate surface area is 211 Å². The van der Waals surface area contributed by atoms with E-state index in [0.29, 0.717) is 0 Å². The fraction of sp³-hybridized carbons (Fsp3) is 1.00. The van der Waals surface area contributed by atoms with Crippen LogP contribution in [0, 0.1) is 5.92 Å². The zero-order valence-electron chi connectivity index (χ0n) is 23.3. The van der Waals surface area contributed by atoms with E-state index in [1.165, 1.54) is 193 Å². The minimum absolute atomic E-state index is 1.04. The van der Waals surface area contributed by atoms with E-state index in [0.717, 1.165) is 5.92 Å². The van der Waals surface area contributed by atoms with Crippen LogP contribution in [0.4, 0.5) is 0 Å². The van der Waals surface area contributed by atoms with Crippen LogP contribution < -0.4 is 5.32 Å². The number of unbranched alkanes of at least 4 members (excludes halogenated alkanes) is 24. The number of piperidine rings is 1. The van der Waals surface area contributed by atoms with E-state index in [9.17, 15) is 0 Å². The van der Waals surface area contributed by atoms with Gasteiger partial charge in [-0.2, -0.15) is 0 Å². The Morgan fingerprint density at radius 2 is 0.667 bits per heavy atom. The van der Waals surface area contributed by atoms with E-state index in [2.05, 4.69) is 12.2 Å². The van der Waals surface area contributed by atoms with Crippen LogP contribution in [0.3, 0.4) is 0 Å². The first-order chi connectivity index (χ1) is 16.4. The summed E-state index contributed by atoms with van der Waals surface area (Å²) in [5, 5.41) is 3.48. The second-order valence-electron chi connectivity index (χ2n) is 11.5. The lowest BCUT2D eigenvalue weighted by molar-refractivity contribution is 0.342. The number of hydrogen-bond donors (Lipinski definition) is 1. The molecule has 0 bridgehead atoms. The highest BCUT2D eigenvalue weighted by Gasteiger charge is 2.11. The van der Waals surface area contributed by atoms with Gasteiger partial charge in [0.2, 0.25) is 0 Å². The van der Waals surface area contributed by atoms with Gasteiger partial charge in [-0.05, 0) is 31.8 Å². The van der Waals surface area contributed by atoms with Gasteiger partial charge in [0.1, 0.15) is 0 Å². The molecule has 0 aromatic rings. The molecule has 1 fully saturated rings. The predicted octanol–water partition coefficient (Wildman–Crippen LogP) is 11.1. The Balaban J connectivity index is 1.62. The van der Waals surface area contributed by atoms with Crippen molar-refractivity contribution in [1.82, 2.24) is 5.32 Å². The van der Waals surface area contributed by atoms with Crippen molar-refractivity contribution >= 4 is 0 Å². The van der Waals surface area contributed by atoms with E-state index in [4.69, 9.17) is 0 Å². The number of nitrogens with one attached hydrogen (secondary N) is 1. The summed E-state index contributed by atoms with van der Waals surface area (Å²) >= 11 is 0. The molecule has 0 spiro atoms. The molecule has 0 aliphatic carbocycles. The first-order valence-electron chi connectivity index (χ1n) is 16.1. The first kappa shape index (κ1) is 31.0. The third kappa shape index (κ3) is 23.5. The standard InChI is InChI=1S/C32H65N/c1-2-3-4-5-6-7-8-9-10-11-12-13-14-15-16-17-18-19-20-21-22-23-24-25-26-27-32-28-30-33-31-29-32/h32-33H,2-31H2,1H3. The van der Waals surface area contributed by atoms with Gasteiger partial charge >= 0.3 is 0 Å². The van der Waals surface area contributed by atoms with Gasteiger partial charge in [0, 0.05) is 0 Å². The molecule has 1 aliphatic rings. The third-order valence-electron chi connectivity index (χ3n) is 8.17. The summed E-state index contributed by atoms with van der Waals surface area (Å²) in [6.45, 7) is 4.84. The van der Waals surface area contributed by atoms with Crippen molar-refractivity contribution in [2.24, 2.45) is 5.92 Å². The second kappa shape index (κ2) is 26.6. The van der Waals surface area contributed by atoms with Crippen LogP contribution in [0.2, 0.25) is 0 Å². The van der Waals surface area contributed by atoms with Crippen molar-refractivity contribution < 1.29 is 0 Å². The van der Waals surface area contributed by atoms with E-state index in [1.54, 1.807) is 0 Å². The third-order valence-corrected chi connectivity index (χ3v) is 8.17. The molecule has 0 aromatic carbocycles. The Morgan fingerprint density at radius 3 is 0.970 bits per heavy atom. The van der Waals surface area contributed by atoms with Gasteiger partial charge in [0.25, 0.3) is 0 Å². The summed E-state index contributed by atoms with van der Waals surface area (Å²) in [5.74, 6) is 1.04. The Hall–Kier alpha value is -0.0400. The lowest BCUT2D eigenvalue weighted by atomic mass is 9.92. The second-order valence-corrected chi connectivity index (χ2v) is 11.5. The van der Waals surface area contributed by atoms with Crippen LogP contribution in [0.5, 0.6) is 0 Å². The van der Waals surface area contributed by atoms with E-state index < -0.39 is 0 Å². The number of rotatable bonds is 26. The van der Waals surface area contributed by atoms with Gasteiger partial charge in [-0.25, -0.2) is 0 Å². The molecule has 1 saturated heterocycles. The molecule has 1 rings (SSSR count). The van der Waals surface area contributed by atoms with Crippen molar-refractivity contribution in [3.05, 3.63) is 0 Å². The maximum absolute atomic E-state index is 3.48. The molecule has 33 heavy (non-hydrogen) atoms. The first-order valence-corrected chi connectivity index (χ1v) is 16.1. The molecular weight excluding hydrogens is 398 g/mol. The van der Waals surface area contributed by atoms with Crippen LogP contribution in [0.25, 0.3) is 0 Å². The van der Waals surface area contributed by atoms with Crippen molar-refractivity contribution in [3.8, 4) is 0 Å². The van der Waals surface area contributed by atoms with Gasteiger partial charge in [0.05, 0.1) is 0 Å². The van der Waals surface area contributed by atoms with Gasteiger partial charge in [-0.1, -0.05) is 174 Å². The zero-order valence-corrected chi connectivity index (χ0v) is 23.3. The molecular formula is C32H65N. The molecule has 0 unspecified atom stereocenters. The summed E-state index contributed by atoms with van der Waals surface area (Å²) in [4.78, 5) is 0. The van der Waals surface area contributed by atoms with Crippen molar-refractivity contribution in [2.45, 2.75) is 187 Å². The van der Waals surface area contributed by atoms with Crippen LogP contribution in [-0.4, -0.2) is 13.1 Å². The lowest BCUT2D eigenvalue weighted by Gasteiger charge is -2.22. The van der Waals surface area contributed by atoms with Gasteiger partial charge in [-0.15, -0.1) is 0 Å².